The number of aromatic nitrogens is 1. The minimum absolute atomic E-state index is 0.287. The van der Waals surface area contributed by atoms with Crippen molar-refractivity contribution in [3.8, 4) is 0 Å². The third-order valence-corrected chi connectivity index (χ3v) is 4.89. The first-order valence-corrected chi connectivity index (χ1v) is 8.90. The predicted molar refractivity (Wildman–Crippen MR) is 103 cm³/mol. The summed E-state index contributed by atoms with van der Waals surface area (Å²) in [5.41, 5.74) is 8.79. The maximum Gasteiger partial charge on any atom is 0.0831 e. The van der Waals surface area contributed by atoms with Gasteiger partial charge in [0, 0.05) is 52.1 Å². The molecule has 0 saturated heterocycles. The number of halogens is 2. The predicted octanol–water partition coefficient (Wildman–Crippen LogP) is 4.61. The van der Waals surface area contributed by atoms with Crippen LogP contribution in [0.15, 0.2) is 54.6 Å². The number of anilines is 1. The van der Waals surface area contributed by atoms with Gasteiger partial charge in [0.2, 0.25) is 0 Å². The molecule has 2 aliphatic heterocycles. The molecule has 1 N–H and O–H groups in total. The van der Waals surface area contributed by atoms with Crippen molar-refractivity contribution in [3.63, 3.8) is 0 Å². The van der Waals surface area contributed by atoms with Crippen LogP contribution in [0, 0.1) is 6.92 Å². The van der Waals surface area contributed by atoms with Gasteiger partial charge in [0.05, 0.1) is 11.7 Å². The molecule has 0 spiro atoms. The molecule has 128 valence electrons. The van der Waals surface area contributed by atoms with Gasteiger partial charge in [-0.15, -0.1) is 0 Å². The number of pyridine rings is 1. The number of benzene rings is 1. The van der Waals surface area contributed by atoms with E-state index in [2.05, 4.69) is 39.5 Å². The fourth-order valence-corrected chi connectivity index (χ4v) is 3.81. The molecule has 0 radical (unpaired) electrons. The second-order valence-corrected chi connectivity index (χ2v) is 7.26. The Morgan fingerprint density at radius 1 is 1.16 bits per heavy atom. The van der Waals surface area contributed by atoms with Crippen molar-refractivity contribution < 1.29 is 0 Å². The molecule has 4 nitrogen and oxygen atoms in total. The van der Waals surface area contributed by atoms with E-state index >= 15 is 0 Å². The minimum Gasteiger partial charge on any atom is -0.344 e. The second-order valence-electron chi connectivity index (χ2n) is 6.39. The lowest BCUT2D eigenvalue weighted by Crippen LogP contribution is -2.47. The first-order valence-electron chi connectivity index (χ1n) is 8.15. The number of nitrogens with one attached hydrogen (secondary N) is 1. The van der Waals surface area contributed by atoms with Crippen LogP contribution in [-0.4, -0.2) is 22.6 Å². The Kier molecular flexibility index (Phi) is 4.10. The fraction of sp³-hybridized carbons (Fsp3) is 0.211. The molecule has 0 unspecified atom stereocenters. The van der Waals surface area contributed by atoms with Crippen LogP contribution in [0.1, 0.15) is 18.2 Å². The lowest BCUT2D eigenvalue weighted by molar-refractivity contribution is 0.232. The van der Waals surface area contributed by atoms with Crippen molar-refractivity contribution in [2.45, 2.75) is 19.9 Å². The van der Waals surface area contributed by atoms with Crippen LogP contribution in [-0.2, 0) is 0 Å². The largest absolute Gasteiger partial charge is 0.344 e. The lowest BCUT2D eigenvalue weighted by atomic mass is 10.0. The number of fused-ring (bicyclic) bond motifs is 1. The van der Waals surface area contributed by atoms with Crippen LogP contribution < -0.4 is 10.3 Å². The Balaban J connectivity index is 1.75. The Labute approximate surface area is 157 Å². The monoisotopic (exact) mass is 372 g/mol. The molecule has 0 fully saturated rings. The van der Waals surface area contributed by atoms with Gasteiger partial charge in [-0.05, 0) is 49.7 Å². The van der Waals surface area contributed by atoms with E-state index < -0.39 is 0 Å². The van der Waals surface area contributed by atoms with Crippen LogP contribution in [0.3, 0.4) is 0 Å². The van der Waals surface area contributed by atoms with Gasteiger partial charge in [0.1, 0.15) is 0 Å². The highest BCUT2D eigenvalue weighted by Crippen LogP contribution is 2.36. The summed E-state index contributed by atoms with van der Waals surface area (Å²) < 4.78 is 0. The Morgan fingerprint density at radius 2 is 1.92 bits per heavy atom. The normalized spacial score (nSPS) is 19.3. The standard InChI is InChI=1S/C19H18Cl2N4/c1-12-5-14(3-4-22-12)18-9-23-25-13(2)10-24(11-19(18)25)17-7-15(20)6-16(21)8-17/h3-9,11,13,23H,10H2,1-2H3/t13-/m0/s1. The van der Waals surface area contributed by atoms with E-state index in [-0.39, 0.29) is 6.04 Å². The topological polar surface area (TPSA) is 31.4 Å². The molecule has 3 heterocycles. The summed E-state index contributed by atoms with van der Waals surface area (Å²) in [5.74, 6) is 0. The van der Waals surface area contributed by atoms with Gasteiger partial charge in [-0.25, -0.2) is 0 Å². The molecule has 1 atom stereocenters. The number of nitrogens with zero attached hydrogens (tertiary/aromatic N) is 3. The van der Waals surface area contributed by atoms with Crippen LogP contribution in [0.4, 0.5) is 5.69 Å². The maximum atomic E-state index is 6.19. The van der Waals surface area contributed by atoms with E-state index in [1.54, 1.807) is 6.07 Å². The van der Waals surface area contributed by atoms with Crippen LogP contribution in [0.25, 0.3) is 5.57 Å². The number of aryl methyl sites for hydroxylation is 1. The third-order valence-electron chi connectivity index (χ3n) is 4.45. The van der Waals surface area contributed by atoms with E-state index in [1.165, 1.54) is 0 Å². The molecule has 25 heavy (non-hydrogen) atoms. The third kappa shape index (κ3) is 3.08. The summed E-state index contributed by atoms with van der Waals surface area (Å²) in [6.07, 6.45) is 6.03. The summed E-state index contributed by atoms with van der Waals surface area (Å²) in [7, 11) is 0. The molecule has 0 aliphatic carbocycles. The molecule has 1 aromatic heterocycles. The molecular weight excluding hydrogens is 355 g/mol. The Morgan fingerprint density at radius 3 is 2.64 bits per heavy atom. The SMILES string of the molecule is Cc1cc(C2=CNN3C2=CN(c2cc(Cl)cc(Cl)c2)C[C@@H]3C)ccn1. The van der Waals surface area contributed by atoms with Gasteiger partial charge in [0.25, 0.3) is 0 Å². The van der Waals surface area contributed by atoms with Crippen molar-refractivity contribution in [2.75, 3.05) is 11.4 Å². The van der Waals surface area contributed by atoms with E-state index in [0.29, 0.717) is 10.0 Å². The molecule has 6 heteroatoms. The average molecular weight is 373 g/mol. The summed E-state index contributed by atoms with van der Waals surface area (Å²) in [4.78, 5) is 6.49. The molecule has 0 amide bonds. The van der Waals surface area contributed by atoms with Gasteiger partial charge in [-0.2, -0.15) is 0 Å². The highest BCUT2D eigenvalue weighted by Gasteiger charge is 2.31. The molecule has 1 aromatic carbocycles. The number of rotatable bonds is 2. The molecule has 2 aromatic rings. The molecular formula is C19H18Cl2N4. The van der Waals surface area contributed by atoms with Crippen molar-refractivity contribution in [2.24, 2.45) is 0 Å². The maximum absolute atomic E-state index is 6.19. The summed E-state index contributed by atoms with van der Waals surface area (Å²) in [5, 5.41) is 3.47. The van der Waals surface area contributed by atoms with Gasteiger partial charge >= 0.3 is 0 Å². The van der Waals surface area contributed by atoms with Crippen LogP contribution in [0.2, 0.25) is 10.0 Å². The molecule has 0 bridgehead atoms. The van der Waals surface area contributed by atoms with E-state index in [0.717, 1.165) is 34.8 Å². The van der Waals surface area contributed by atoms with Crippen LogP contribution in [0.5, 0.6) is 0 Å². The zero-order valence-electron chi connectivity index (χ0n) is 14.0. The highest BCUT2D eigenvalue weighted by molar-refractivity contribution is 6.35. The molecule has 2 aliphatic rings. The number of hydrogen-bond donors (Lipinski definition) is 1. The molecule has 0 saturated carbocycles. The van der Waals surface area contributed by atoms with Crippen molar-refractivity contribution >= 4 is 34.5 Å². The van der Waals surface area contributed by atoms with Gasteiger partial charge in [0.15, 0.2) is 0 Å². The van der Waals surface area contributed by atoms with Gasteiger partial charge < -0.3 is 10.3 Å². The molecule has 4 rings (SSSR count). The fourth-order valence-electron chi connectivity index (χ4n) is 3.30. The van der Waals surface area contributed by atoms with Gasteiger partial charge in [-0.3, -0.25) is 9.99 Å². The van der Waals surface area contributed by atoms with Crippen molar-refractivity contribution in [1.29, 1.82) is 0 Å². The zero-order valence-corrected chi connectivity index (χ0v) is 15.5. The first-order chi connectivity index (χ1) is 12.0. The minimum atomic E-state index is 0.287. The first kappa shape index (κ1) is 16.3. The van der Waals surface area contributed by atoms with Crippen LogP contribution >= 0.6 is 23.2 Å². The smallest absolute Gasteiger partial charge is 0.0831 e. The Hall–Kier alpha value is -2.17. The Bertz CT molecular complexity index is 870. The highest BCUT2D eigenvalue weighted by atomic mass is 35.5. The summed E-state index contributed by atoms with van der Waals surface area (Å²) in [6, 6.07) is 10.0. The van der Waals surface area contributed by atoms with E-state index in [9.17, 15) is 0 Å². The quantitative estimate of drug-likeness (QED) is 0.833. The van der Waals surface area contributed by atoms with Crippen molar-refractivity contribution in [1.82, 2.24) is 15.4 Å². The summed E-state index contributed by atoms with van der Waals surface area (Å²) in [6.45, 7) is 5.03. The van der Waals surface area contributed by atoms with Crippen molar-refractivity contribution in [3.05, 3.63) is 75.9 Å². The van der Waals surface area contributed by atoms with E-state index in [1.807, 2.05) is 37.5 Å². The summed E-state index contributed by atoms with van der Waals surface area (Å²) >= 11 is 12.4. The van der Waals surface area contributed by atoms with E-state index in [4.69, 9.17) is 23.2 Å². The average Bonchev–Trinajstić information content (AvgIpc) is 2.98. The number of allylic oxidation sites excluding steroid dienone is 1. The van der Waals surface area contributed by atoms with Gasteiger partial charge in [-0.1, -0.05) is 23.2 Å². The number of hydrazine groups is 1. The second kappa shape index (κ2) is 6.28. The zero-order chi connectivity index (χ0) is 17.6. The number of hydrogen-bond acceptors (Lipinski definition) is 4. The lowest BCUT2D eigenvalue weighted by Gasteiger charge is -2.38.